The van der Waals surface area contributed by atoms with Gasteiger partial charge in [-0.05, 0) is 42.7 Å². The number of amides is 1. The van der Waals surface area contributed by atoms with Gasteiger partial charge < -0.3 is 11.1 Å². The van der Waals surface area contributed by atoms with Crippen LogP contribution in [0.1, 0.15) is 13.0 Å². The van der Waals surface area contributed by atoms with E-state index in [1.54, 1.807) is 23.6 Å². The maximum absolute atomic E-state index is 12.7. The van der Waals surface area contributed by atoms with Gasteiger partial charge in [0.15, 0.2) is 10.6 Å². The van der Waals surface area contributed by atoms with Crippen LogP contribution in [-0.2, 0) is 4.79 Å². The molecule has 0 aliphatic heterocycles. The standard InChI is InChI=1S/C15H13Cl2N5OS2/c1-7(14(23)19-8-5-9(16)12(18)10(17)6-8)22-13(20-21-15(22)24)11-3-2-4-25-11/h2-7H,18H2,1H3,(H,19,23)(H,21,24). The molecule has 0 aliphatic rings. The third kappa shape index (κ3) is 3.57. The summed E-state index contributed by atoms with van der Waals surface area (Å²) in [6.07, 6.45) is 0. The van der Waals surface area contributed by atoms with Crippen molar-refractivity contribution < 1.29 is 4.79 Å². The van der Waals surface area contributed by atoms with Crippen LogP contribution < -0.4 is 11.1 Å². The number of aromatic amines is 1. The van der Waals surface area contributed by atoms with Crippen LogP contribution in [0.4, 0.5) is 11.4 Å². The molecule has 0 radical (unpaired) electrons. The molecule has 0 aliphatic carbocycles. The first-order valence-electron chi connectivity index (χ1n) is 7.14. The molecule has 25 heavy (non-hydrogen) atoms. The summed E-state index contributed by atoms with van der Waals surface area (Å²) in [5.74, 6) is 0.322. The lowest BCUT2D eigenvalue weighted by Gasteiger charge is -2.16. The summed E-state index contributed by atoms with van der Waals surface area (Å²) >= 11 is 18.8. The molecular weight excluding hydrogens is 401 g/mol. The number of anilines is 2. The van der Waals surface area contributed by atoms with Crippen LogP contribution in [0.25, 0.3) is 10.7 Å². The number of nitrogen functional groups attached to an aromatic ring is 1. The van der Waals surface area contributed by atoms with Crippen molar-refractivity contribution in [3.8, 4) is 10.7 Å². The van der Waals surface area contributed by atoms with Gasteiger partial charge in [-0.15, -0.1) is 11.3 Å². The minimum absolute atomic E-state index is 0.270. The van der Waals surface area contributed by atoms with Crippen molar-refractivity contribution >= 4 is 64.0 Å². The van der Waals surface area contributed by atoms with Crippen molar-refractivity contribution in [1.82, 2.24) is 14.8 Å². The zero-order valence-corrected chi connectivity index (χ0v) is 16.1. The van der Waals surface area contributed by atoms with E-state index in [-0.39, 0.29) is 21.6 Å². The van der Waals surface area contributed by atoms with Gasteiger partial charge in [-0.3, -0.25) is 14.5 Å². The number of hydrogen-bond donors (Lipinski definition) is 3. The van der Waals surface area contributed by atoms with Gasteiger partial charge in [0.2, 0.25) is 5.91 Å². The quantitative estimate of drug-likeness (QED) is 0.424. The van der Waals surface area contributed by atoms with E-state index < -0.39 is 6.04 Å². The number of halogens is 2. The molecule has 6 nitrogen and oxygen atoms in total. The molecular formula is C15H13Cl2N5OS2. The van der Waals surface area contributed by atoms with Crippen molar-refractivity contribution in [1.29, 1.82) is 0 Å². The van der Waals surface area contributed by atoms with Crippen LogP contribution in [0.15, 0.2) is 29.6 Å². The second-order valence-corrected chi connectivity index (χ2v) is 7.37. The summed E-state index contributed by atoms with van der Waals surface area (Å²) in [5.41, 5.74) is 6.43. The second kappa shape index (κ2) is 7.17. The maximum atomic E-state index is 12.7. The van der Waals surface area contributed by atoms with Crippen LogP contribution in [0, 0.1) is 4.77 Å². The Morgan fingerprint density at radius 3 is 2.72 bits per heavy atom. The van der Waals surface area contributed by atoms with Crippen molar-refractivity contribution in [3.63, 3.8) is 0 Å². The van der Waals surface area contributed by atoms with Crippen molar-refractivity contribution in [2.75, 3.05) is 11.1 Å². The molecule has 0 bridgehead atoms. The molecule has 0 saturated heterocycles. The van der Waals surface area contributed by atoms with Gasteiger partial charge in [0.05, 0.1) is 20.6 Å². The highest BCUT2D eigenvalue weighted by Crippen LogP contribution is 2.32. The molecule has 0 saturated carbocycles. The van der Waals surface area contributed by atoms with Crippen LogP contribution >= 0.6 is 46.8 Å². The minimum Gasteiger partial charge on any atom is -0.396 e. The predicted octanol–water partition coefficient (Wildman–Crippen LogP) is 4.76. The second-order valence-electron chi connectivity index (χ2n) is 5.22. The Labute approximate surface area is 162 Å². The molecule has 4 N–H and O–H groups in total. The van der Waals surface area contributed by atoms with Gasteiger partial charge in [0, 0.05) is 5.69 Å². The lowest BCUT2D eigenvalue weighted by molar-refractivity contribution is -0.118. The van der Waals surface area contributed by atoms with E-state index in [9.17, 15) is 4.79 Å². The predicted molar refractivity (Wildman–Crippen MR) is 105 cm³/mol. The van der Waals surface area contributed by atoms with Crippen LogP contribution in [0.2, 0.25) is 10.0 Å². The normalized spacial score (nSPS) is 12.1. The van der Waals surface area contributed by atoms with Gasteiger partial charge in [0.1, 0.15) is 6.04 Å². The first-order chi connectivity index (χ1) is 11.9. The highest BCUT2D eigenvalue weighted by Gasteiger charge is 2.22. The average Bonchev–Trinajstić information content (AvgIpc) is 3.21. The molecule has 10 heteroatoms. The van der Waals surface area contributed by atoms with E-state index in [1.807, 2.05) is 17.5 Å². The molecule has 1 unspecified atom stereocenters. The van der Waals surface area contributed by atoms with E-state index in [4.69, 9.17) is 41.2 Å². The van der Waals surface area contributed by atoms with Gasteiger partial charge in [-0.25, -0.2) is 0 Å². The van der Waals surface area contributed by atoms with Crippen molar-refractivity contribution in [3.05, 3.63) is 44.5 Å². The topological polar surface area (TPSA) is 88.7 Å². The molecule has 1 amide bonds. The zero-order chi connectivity index (χ0) is 18.1. The molecule has 130 valence electrons. The SMILES string of the molecule is CC(C(=O)Nc1cc(Cl)c(N)c(Cl)c1)n1c(-c2cccs2)n[nH]c1=S. The molecule has 0 spiro atoms. The van der Waals surface area contributed by atoms with Gasteiger partial charge in [0.25, 0.3) is 0 Å². The number of carbonyl (C=O) groups is 1. The smallest absolute Gasteiger partial charge is 0.247 e. The minimum atomic E-state index is -0.599. The van der Waals surface area contributed by atoms with Gasteiger partial charge in [-0.1, -0.05) is 29.3 Å². The number of H-pyrrole nitrogens is 1. The third-order valence-electron chi connectivity index (χ3n) is 3.56. The van der Waals surface area contributed by atoms with E-state index in [0.717, 1.165) is 4.88 Å². The number of nitrogens with zero attached hydrogens (tertiary/aromatic N) is 2. The molecule has 3 rings (SSSR count). The number of nitrogens with two attached hydrogens (primary N) is 1. The molecule has 1 atom stereocenters. The summed E-state index contributed by atoms with van der Waals surface area (Å²) in [6, 6.07) is 6.31. The first kappa shape index (κ1) is 17.9. The summed E-state index contributed by atoms with van der Waals surface area (Å²) in [6.45, 7) is 1.73. The zero-order valence-electron chi connectivity index (χ0n) is 12.9. The largest absolute Gasteiger partial charge is 0.396 e. The Morgan fingerprint density at radius 1 is 1.44 bits per heavy atom. The number of rotatable bonds is 4. The Kier molecular flexibility index (Phi) is 5.14. The number of carbonyl (C=O) groups excluding carboxylic acids is 1. The number of nitrogens with one attached hydrogen (secondary N) is 2. The lowest BCUT2D eigenvalue weighted by Crippen LogP contribution is -2.24. The Balaban J connectivity index is 1.89. The molecule has 1 aromatic carbocycles. The van der Waals surface area contributed by atoms with E-state index in [0.29, 0.717) is 16.3 Å². The first-order valence-corrected chi connectivity index (χ1v) is 9.19. The van der Waals surface area contributed by atoms with Crippen molar-refractivity contribution in [2.24, 2.45) is 0 Å². The maximum Gasteiger partial charge on any atom is 0.247 e. The molecule has 3 aromatic rings. The molecule has 0 fully saturated rings. The summed E-state index contributed by atoms with van der Waals surface area (Å²) < 4.78 is 2.02. The number of hydrogen-bond acceptors (Lipinski definition) is 5. The molecule has 2 heterocycles. The van der Waals surface area contributed by atoms with E-state index in [2.05, 4.69) is 15.5 Å². The summed E-state index contributed by atoms with van der Waals surface area (Å²) in [5, 5.41) is 12.2. The third-order valence-corrected chi connectivity index (χ3v) is 5.34. The lowest BCUT2D eigenvalue weighted by atomic mass is 10.2. The highest BCUT2D eigenvalue weighted by atomic mass is 35.5. The Hall–Kier alpha value is -1.87. The van der Waals surface area contributed by atoms with E-state index >= 15 is 0 Å². The fourth-order valence-corrected chi connectivity index (χ4v) is 3.75. The summed E-state index contributed by atoms with van der Waals surface area (Å²) in [7, 11) is 0. The van der Waals surface area contributed by atoms with Gasteiger partial charge in [-0.2, -0.15) is 5.10 Å². The number of thiophene rings is 1. The van der Waals surface area contributed by atoms with E-state index in [1.165, 1.54) is 11.3 Å². The van der Waals surface area contributed by atoms with Crippen LogP contribution in [0.3, 0.4) is 0 Å². The number of aromatic nitrogens is 3. The Bertz CT molecular complexity index is 957. The summed E-state index contributed by atoms with van der Waals surface area (Å²) in [4.78, 5) is 13.6. The monoisotopic (exact) mass is 413 g/mol. The van der Waals surface area contributed by atoms with Crippen molar-refractivity contribution in [2.45, 2.75) is 13.0 Å². The fraction of sp³-hybridized carbons (Fsp3) is 0.133. The average molecular weight is 414 g/mol. The van der Waals surface area contributed by atoms with Crippen LogP contribution in [-0.4, -0.2) is 20.7 Å². The molecule has 2 aromatic heterocycles. The van der Waals surface area contributed by atoms with Gasteiger partial charge >= 0.3 is 0 Å². The number of benzene rings is 1. The highest BCUT2D eigenvalue weighted by molar-refractivity contribution is 7.71. The Morgan fingerprint density at radius 2 is 2.12 bits per heavy atom. The fourth-order valence-electron chi connectivity index (χ4n) is 2.26. The van der Waals surface area contributed by atoms with Crippen LogP contribution in [0.5, 0.6) is 0 Å².